The number of phenolic OH excluding ortho intramolecular Hbond substituents is 1. The number of aromatic nitrogens is 1. The largest absolute Gasteiger partial charge is 0.508 e. The number of carbonyl (C=O) groups excluding carboxylic acids is 1. The van der Waals surface area contributed by atoms with Crippen LogP contribution in [0.2, 0.25) is 0 Å². The maximum Gasteiger partial charge on any atom is 0.251 e. The standard InChI is InChI=1S/C28H36N4O3/c1-27(2,22-9-11-23(33)12-10-22)18-31-26(35)20-7-5-6-19(14-20)15-28(3,4)32-17-24(34)21-8-13-25(29)30-16-21/h5-14,16,24,32-34H,15,17-18H2,1-4H3,(H2,29,30)(H,31,35). The fraction of sp³-hybridized carbons (Fsp3) is 0.357. The number of nitrogens with two attached hydrogens (primary N) is 1. The van der Waals surface area contributed by atoms with Crippen molar-refractivity contribution in [2.45, 2.75) is 51.2 Å². The summed E-state index contributed by atoms with van der Waals surface area (Å²) >= 11 is 0. The Hall–Kier alpha value is -3.42. The van der Waals surface area contributed by atoms with Crippen LogP contribution in [0, 0.1) is 0 Å². The Kier molecular flexibility index (Phi) is 8.14. The smallest absolute Gasteiger partial charge is 0.251 e. The number of nitrogens with zero attached hydrogens (tertiary/aromatic N) is 1. The number of hydrogen-bond donors (Lipinski definition) is 5. The molecule has 3 rings (SSSR count). The third-order valence-corrected chi connectivity index (χ3v) is 6.14. The van der Waals surface area contributed by atoms with Crippen molar-refractivity contribution in [2.24, 2.45) is 0 Å². The SMILES string of the molecule is CC(C)(Cc1cccc(C(=O)NCC(C)(C)c2ccc(O)cc2)c1)NCC(O)c1ccc(N)nc1. The second-order valence-corrected chi connectivity index (χ2v) is 10.3. The number of aliphatic hydroxyl groups is 1. The van der Waals surface area contributed by atoms with Gasteiger partial charge in [-0.2, -0.15) is 0 Å². The Labute approximate surface area is 207 Å². The molecule has 1 unspecified atom stereocenters. The predicted octanol–water partition coefficient (Wildman–Crippen LogP) is 3.72. The summed E-state index contributed by atoms with van der Waals surface area (Å²) in [4.78, 5) is 16.9. The summed E-state index contributed by atoms with van der Waals surface area (Å²) in [6.07, 6.45) is 1.57. The minimum Gasteiger partial charge on any atom is -0.508 e. The average Bonchev–Trinajstić information content (AvgIpc) is 2.82. The molecule has 0 saturated heterocycles. The quantitative estimate of drug-likeness (QED) is 0.304. The molecule has 3 aromatic rings. The first kappa shape index (κ1) is 26.2. The highest BCUT2D eigenvalue weighted by molar-refractivity contribution is 5.94. The van der Waals surface area contributed by atoms with Crippen molar-refractivity contribution in [1.82, 2.24) is 15.6 Å². The van der Waals surface area contributed by atoms with Gasteiger partial charge in [-0.3, -0.25) is 4.79 Å². The second-order valence-electron chi connectivity index (χ2n) is 10.3. The van der Waals surface area contributed by atoms with E-state index >= 15 is 0 Å². The highest BCUT2D eigenvalue weighted by Gasteiger charge is 2.23. The van der Waals surface area contributed by atoms with E-state index in [0.717, 1.165) is 11.1 Å². The lowest BCUT2D eigenvalue weighted by Gasteiger charge is -2.28. The molecule has 7 nitrogen and oxygen atoms in total. The molecule has 186 valence electrons. The minimum atomic E-state index is -0.698. The van der Waals surface area contributed by atoms with E-state index in [1.165, 1.54) is 0 Å². The van der Waals surface area contributed by atoms with Gasteiger partial charge in [0.2, 0.25) is 0 Å². The summed E-state index contributed by atoms with van der Waals surface area (Å²) in [6, 6.07) is 18.1. The molecule has 0 saturated carbocycles. The van der Waals surface area contributed by atoms with Crippen LogP contribution in [-0.4, -0.2) is 39.7 Å². The normalized spacial score (nSPS) is 12.8. The third-order valence-electron chi connectivity index (χ3n) is 6.14. The van der Waals surface area contributed by atoms with E-state index in [2.05, 4.69) is 43.3 Å². The molecule has 1 aromatic heterocycles. The molecule has 7 heteroatoms. The molecule has 0 aliphatic carbocycles. The molecule has 0 fully saturated rings. The first-order valence-corrected chi connectivity index (χ1v) is 11.8. The zero-order valence-electron chi connectivity index (χ0n) is 20.9. The van der Waals surface area contributed by atoms with Crippen molar-refractivity contribution < 1.29 is 15.0 Å². The number of carbonyl (C=O) groups is 1. The summed E-state index contributed by atoms with van der Waals surface area (Å²) in [7, 11) is 0. The summed E-state index contributed by atoms with van der Waals surface area (Å²) in [6.45, 7) is 9.07. The molecule has 1 atom stereocenters. The van der Waals surface area contributed by atoms with Crippen molar-refractivity contribution in [3.8, 4) is 5.75 Å². The van der Waals surface area contributed by atoms with Gasteiger partial charge in [-0.25, -0.2) is 4.98 Å². The molecule has 0 aliphatic rings. The topological polar surface area (TPSA) is 120 Å². The van der Waals surface area contributed by atoms with E-state index in [1.807, 2.05) is 36.4 Å². The van der Waals surface area contributed by atoms with E-state index in [1.54, 1.807) is 30.5 Å². The van der Waals surface area contributed by atoms with E-state index in [9.17, 15) is 15.0 Å². The van der Waals surface area contributed by atoms with Gasteiger partial charge in [0.15, 0.2) is 0 Å². The molecule has 1 amide bonds. The maximum absolute atomic E-state index is 12.9. The predicted molar refractivity (Wildman–Crippen MR) is 139 cm³/mol. The van der Waals surface area contributed by atoms with Gasteiger partial charge >= 0.3 is 0 Å². The summed E-state index contributed by atoms with van der Waals surface area (Å²) in [5, 5.41) is 26.4. The summed E-state index contributed by atoms with van der Waals surface area (Å²) in [5.74, 6) is 0.511. The number of benzene rings is 2. The number of nitrogens with one attached hydrogen (secondary N) is 2. The van der Waals surface area contributed by atoms with Crippen LogP contribution in [-0.2, 0) is 11.8 Å². The van der Waals surface area contributed by atoms with Gasteiger partial charge < -0.3 is 26.6 Å². The highest BCUT2D eigenvalue weighted by Crippen LogP contribution is 2.24. The molecule has 0 aliphatic heterocycles. The van der Waals surface area contributed by atoms with Crippen LogP contribution in [0.3, 0.4) is 0 Å². The van der Waals surface area contributed by atoms with Crippen LogP contribution in [0.25, 0.3) is 0 Å². The molecule has 1 heterocycles. The van der Waals surface area contributed by atoms with Gasteiger partial charge in [-0.15, -0.1) is 0 Å². The van der Waals surface area contributed by atoms with Crippen molar-refractivity contribution in [2.75, 3.05) is 18.8 Å². The van der Waals surface area contributed by atoms with Gasteiger partial charge in [-0.05, 0) is 61.7 Å². The van der Waals surface area contributed by atoms with E-state index in [0.29, 0.717) is 36.5 Å². The molecule has 0 bridgehead atoms. The van der Waals surface area contributed by atoms with Crippen molar-refractivity contribution in [1.29, 1.82) is 0 Å². The Morgan fingerprint density at radius 1 is 1.06 bits per heavy atom. The first-order chi connectivity index (χ1) is 16.4. The van der Waals surface area contributed by atoms with Gasteiger partial charge in [0, 0.05) is 41.4 Å². The van der Waals surface area contributed by atoms with Crippen LogP contribution in [0.4, 0.5) is 5.82 Å². The lowest BCUT2D eigenvalue weighted by Crippen LogP contribution is -2.43. The molecular weight excluding hydrogens is 440 g/mol. The number of β-amino-alcohol motifs (C(OH)–C–C–N with tert-alkyl or cyclic N) is 1. The molecule has 35 heavy (non-hydrogen) atoms. The molecule has 6 N–H and O–H groups in total. The van der Waals surface area contributed by atoms with Crippen molar-refractivity contribution >= 4 is 11.7 Å². The van der Waals surface area contributed by atoms with Crippen molar-refractivity contribution in [3.63, 3.8) is 0 Å². The van der Waals surface area contributed by atoms with E-state index in [-0.39, 0.29) is 22.6 Å². The number of phenols is 1. The highest BCUT2D eigenvalue weighted by atomic mass is 16.3. The summed E-state index contributed by atoms with van der Waals surface area (Å²) in [5.41, 5.74) is 8.39. The lowest BCUT2D eigenvalue weighted by atomic mass is 9.84. The fourth-order valence-corrected chi connectivity index (χ4v) is 3.92. The number of rotatable bonds is 10. The van der Waals surface area contributed by atoms with Crippen LogP contribution >= 0.6 is 0 Å². The monoisotopic (exact) mass is 476 g/mol. The van der Waals surface area contributed by atoms with Gasteiger partial charge in [-0.1, -0.05) is 44.2 Å². The van der Waals surface area contributed by atoms with Crippen molar-refractivity contribution in [3.05, 3.63) is 89.1 Å². The zero-order valence-corrected chi connectivity index (χ0v) is 20.9. The lowest BCUT2D eigenvalue weighted by molar-refractivity contribution is 0.0945. The molecule has 2 aromatic carbocycles. The maximum atomic E-state index is 12.9. The Morgan fingerprint density at radius 2 is 1.77 bits per heavy atom. The minimum absolute atomic E-state index is 0.129. The molecule has 0 spiro atoms. The van der Waals surface area contributed by atoms with E-state index < -0.39 is 6.10 Å². The Bertz CT molecular complexity index is 1130. The van der Waals surface area contributed by atoms with Gasteiger partial charge in [0.05, 0.1) is 6.10 Å². The fourth-order valence-electron chi connectivity index (χ4n) is 3.92. The average molecular weight is 477 g/mol. The summed E-state index contributed by atoms with van der Waals surface area (Å²) < 4.78 is 0. The van der Waals surface area contributed by atoms with Gasteiger partial charge in [0.25, 0.3) is 5.91 Å². The molecule has 0 radical (unpaired) electrons. The van der Waals surface area contributed by atoms with Gasteiger partial charge in [0.1, 0.15) is 11.6 Å². The second kappa shape index (κ2) is 10.9. The number of aliphatic hydroxyl groups excluding tert-OH is 1. The number of anilines is 1. The van der Waals surface area contributed by atoms with Crippen LogP contribution in [0.15, 0.2) is 66.9 Å². The van der Waals surface area contributed by atoms with E-state index in [4.69, 9.17) is 5.73 Å². The number of pyridine rings is 1. The Balaban J connectivity index is 1.57. The number of nitrogen functional groups attached to an aromatic ring is 1. The van der Waals surface area contributed by atoms with Crippen LogP contribution in [0.5, 0.6) is 5.75 Å². The molecular formula is C28H36N4O3. The first-order valence-electron chi connectivity index (χ1n) is 11.8. The number of hydrogen-bond acceptors (Lipinski definition) is 6. The van der Waals surface area contributed by atoms with Crippen LogP contribution < -0.4 is 16.4 Å². The Morgan fingerprint density at radius 3 is 2.43 bits per heavy atom. The van der Waals surface area contributed by atoms with Crippen LogP contribution in [0.1, 0.15) is 60.8 Å². The zero-order chi connectivity index (χ0) is 25.6. The number of aromatic hydroxyl groups is 1. The third kappa shape index (κ3) is 7.53. The number of amides is 1.